The van der Waals surface area contributed by atoms with Crippen molar-refractivity contribution in [1.82, 2.24) is 9.80 Å². The summed E-state index contributed by atoms with van der Waals surface area (Å²) in [7, 11) is 1.72. The molecule has 21 heavy (non-hydrogen) atoms. The maximum atomic E-state index is 12.2. The van der Waals surface area contributed by atoms with Gasteiger partial charge < -0.3 is 9.64 Å². The minimum atomic E-state index is 0.167. The van der Waals surface area contributed by atoms with Gasteiger partial charge in [0, 0.05) is 39.4 Å². The van der Waals surface area contributed by atoms with Crippen LogP contribution in [0.2, 0.25) is 0 Å². The molecule has 0 radical (unpaired) electrons. The molecule has 0 N–H and O–H groups in total. The predicted octanol–water partition coefficient (Wildman–Crippen LogP) is 2.41. The Bertz CT molecular complexity index is 321. The third-order valence-corrected chi connectivity index (χ3v) is 4.48. The second-order valence-electron chi connectivity index (χ2n) is 6.20. The van der Waals surface area contributed by atoms with Gasteiger partial charge in [0.05, 0.1) is 6.61 Å². The molecule has 1 aliphatic heterocycles. The summed E-state index contributed by atoms with van der Waals surface area (Å²) in [6.07, 6.45) is 6.01. The molecule has 0 aromatic carbocycles. The molecular formula is C17H32N2O2. The fraction of sp³-hybridized carbons (Fsp3) is 0.824. The van der Waals surface area contributed by atoms with Crippen LogP contribution < -0.4 is 0 Å². The summed E-state index contributed by atoms with van der Waals surface area (Å²) in [5.41, 5.74) is 0. The number of carbonyl (C=O) groups is 1. The number of rotatable bonds is 8. The Balaban J connectivity index is 2.31. The first-order chi connectivity index (χ1) is 10.1. The third-order valence-electron chi connectivity index (χ3n) is 4.48. The lowest BCUT2D eigenvalue weighted by Crippen LogP contribution is -2.38. The minimum Gasteiger partial charge on any atom is -0.383 e. The minimum absolute atomic E-state index is 0.167. The Morgan fingerprint density at radius 1 is 1.38 bits per heavy atom. The second-order valence-corrected chi connectivity index (χ2v) is 6.20. The molecule has 4 heteroatoms. The molecular weight excluding hydrogens is 264 g/mol. The number of likely N-dealkylation sites (tertiary alicyclic amines) is 1. The number of amides is 1. The van der Waals surface area contributed by atoms with Crippen LogP contribution in [0.15, 0.2) is 12.2 Å². The van der Waals surface area contributed by atoms with Crippen molar-refractivity contribution in [2.75, 3.05) is 46.4 Å². The third kappa shape index (κ3) is 6.62. The van der Waals surface area contributed by atoms with Crippen LogP contribution in [-0.4, -0.2) is 62.1 Å². The topological polar surface area (TPSA) is 32.8 Å². The molecule has 0 aliphatic carbocycles. The molecule has 0 aromatic heterocycles. The van der Waals surface area contributed by atoms with Gasteiger partial charge in [-0.05, 0) is 31.2 Å². The predicted molar refractivity (Wildman–Crippen MR) is 87.3 cm³/mol. The molecule has 0 spiro atoms. The van der Waals surface area contributed by atoms with E-state index in [1.807, 2.05) is 11.0 Å². The second kappa shape index (κ2) is 9.96. The molecule has 0 saturated carbocycles. The van der Waals surface area contributed by atoms with E-state index in [2.05, 4.69) is 25.7 Å². The first-order valence-corrected chi connectivity index (χ1v) is 8.25. The Morgan fingerprint density at radius 3 is 2.57 bits per heavy atom. The van der Waals surface area contributed by atoms with Gasteiger partial charge in [-0.3, -0.25) is 9.69 Å². The van der Waals surface area contributed by atoms with Crippen molar-refractivity contribution in [2.45, 2.75) is 33.6 Å². The first-order valence-electron chi connectivity index (χ1n) is 8.25. The van der Waals surface area contributed by atoms with E-state index < -0.39 is 0 Å². The maximum absolute atomic E-state index is 12.2. The maximum Gasteiger partial charge on any atom is 0.246 e. The van der Waals surface area contributed by atoms with Crippen LogP contribution in [-0.2, 0) is 9.53 Å². The van der Waals surface area contributed by atoms with Crippen molar-refractivity contribution in [3.8, 4) is 0 Å². The lowest BCUT2D eigenvalue weighted by molar-refractivity contribution is -0.127. The lowest BCUT2D eigenvalue weighted by Gasteiger charge is -2.33. The summed E-state index contributed by atoms with van der Waals surface area (Å²) >= 11 is 0. The molecule has 0 aromatic rings. The number of piperidine rings is 1. The quantitative estimate of drug-likeness (QED) is 0.645. The molecule has 1 amide bonds. The van der Waals surface area contributed by atoms with Crippen molar-refractivity contribution >= 4 is 5.91 Å². The normalized spacial score (nSPS) is 17.3. The van der Waals surface area contributed by atoms with Gasteiger partial charge in [0.25, 0.3) is 0 Å². The van der Waals surface area contributed by atoms with E-state index in [4.69, 9.17) is 4.74 Å². The molecule has 1 heterocycles. The van der Waals surface area contributed by atoms with Gasteiger partial charge in [-0.1, -0.05) is 26.8 Å². The SMILES string of the molecule is CCN(C/C=C/C(=O)N1CCC(C(C)C)CC1)CCOC. The fourth-order valence-electron chi connectivity index (χ4n) is 2.79. The largest absolute Gasteiger partial charge is 0.383 e. The number of methoxy groups -OCH3 is 1. The summed E-state index contributed by atoms with van der Waals surface area (Å²) in [6.45, 7) is 11.9. The highest BCUT2D eigenvalue weighted by Crippen LogP contribution is 2.24. The molecule has 0 atom stereocenters. The van der Waals surface area contributed by atoms with Crippen molar-refractivity contribution < 1.29 is 9.53 Å². The van der Waals surface area contributed by atoms with Crippen LogP contribution in [0.5, 0.6) is 0 Å². The fourth-order valence-corrected chi connectivity index (χ4v) is 2.79. The van der Waals surface area contributed by atoms with Gasteiger partial charge in [0.2, 0.25) is 5.91 Å². The highest BCUT2D eigenvalue weighted by Gasteiger charge is 2.23. The van der Waals surface area contributed by atoms with Crippen LogP contribution >= 0.6 is 0 Å². The molecule has 1 fully saturated rings. The van der Waals surface area contributed by atoms with Crippen LogP contribution in [0.25, 0.3) is 0 Å². The average molecular weight is 296 g/mol. The lowest BCUT2D eigenvalue weighted by atomic mass is 9.87. The average Bonchev–Trinajstić information content (AvgIpc) is 2.50. The summed E-state index contributed by atoms with van der Waals surface area (Å²) in [4.78, 5) is 16.4. The molecule has 1 rings (SSSR count). The standard InChI is InChI=1S/C17H32N2O2/c1-5-18(13-14-21-4)10-6-7-17(20)19-11-8-16(9-12-19)15(2)3/h6-7,15-16H,5,8-14H2,1-4H3/b7-6+. The highest BCUT2D eigenvalue weighted by atomic mass is 16.5. The van der Waals surface area contributed by atoms with Crippen LogP contribution in [0.1, 0.15) is 33.6 Å². The summed E-state index contributed by atoms with van der Waals surface area (Å²) in [6, 6.07) is 0. The van der Waals surface area contributed by atoms with Crippen molar-refractivity contribution in [2.24, 2.45) is 11.8 Å². The number of likely N-dealkylation sites (N-methyl/N-ethyl adjacent to an activating group) is 1. The Hall–Kier alpha value is -0.870. The van der Waals surface area contributed by atoms with Gasteiger partial charge in [-0.25, -0.2) is 0 Å². The molecule has 0 bridgehead atoms. The number of nitrogens with zero attached hydrogens (tertiary/aromatic N) is 2. The van der Waals surface area contributed by atoms with Crippen LogP contribution in [0, 0.1) is 11.8 Å². The van der Waals surface area contributed by atoms with Crippen molar-refractivity contribution in [3.63, 3.8) is 0 Å². The number of carbonyl (C=O) groups excluding carboxylic acids is 1. The number of ether oxygens (including phenoxy) is 1. The summed E-state index contributed by atoms with van der Waals surface area (Å²) in [5.74, 6) is 1.68. The molecule has 4 nitrogen and oxygen atoms in total. The Kier molecular flexibility index (Phi) is 8.62. The van der Waals surface area contributed by atoms with Gasteiger partial charge in [0.15, 0.2) is 0 Å². The van der Waals surface area contributed by atoms with Gasteiger partial charge in [-0.15, -0.1) is 0 Å². The van der Waals surface area contributed by atoms with Gasteiger partial charge in [0.1, 0.15) is 0 Å². The summed E-state index contributed by atoms with van der Waals surface area (Å²) in [5, 5.41) is 0. The number of hydrogen-bond donors (Lipinski definition) is 0. The zero-order chi connectivity index (χ0) is 15.7. The van der Waals surface area contributed by atoms with Crippen LogP contribution in [0.3, 0.4) is 0 Å². The van der Waals surface area contributed by atoms with Crippen molar-refractivity contribution in [1.29, 1.82) is 0 Å². The van der Waals surface area contributed by atoms with Crippen LogP contribution in [0.4, 0.5) is 0 Å². The van der Waals surface area contributed by atoms with E-state index in [0.717, 1.165) is 64.0 Å². The van der Waals surface area contributed by atoms with E-state index in [1.54, 1.807) is 13.2 Å². The zero-order valence-electron chi connectivity index (χ0n) is 14.2. The summed E-state index contributed by atoms with van der Waals surface area (Å²) < 4.78 is 5.09. The van der Waals surface area contributed by atoms with Gasteiger partial charge in [-0.2, -0.15) is 0 Å². The van der Waals surface area contributed by atoms with E-state index >= 15 is 0 Å². The molecule has 1 saturated heterocycles. The molecule has 122 valence electrons. The van der Waals surface area contributed by atoms with E-state index in [9.17, 15) is 4.79 Å². The Labute approximate surface area is 130 Å². The van der Waals surface area contributed by atoms with Crippen molar-refractivity contribution in [3.05, 3.63) is 12.2 Å². The zero-order valence-corrected chi connectivity index (χ0v) is 14.2. The molecule has 1 aliphatic rings. The first kappa shape index (κ1) is 18.2. The monoisotopic (exact) mass is 296 g/mol. The Morgan fingerprint density at radius 2 is 2.05 bits per heavy atom. The molecule has 0 unspecified atom stereocenters. The van der Waals surface area contributed by atoms with E-state index in [0.29, 0.717) is 0 Å². The van der Waals surface area contributed by atoms with E-state index in [1.165, 1.54) is 0 Å². The smallest absolute Gasteiger partial charge is 0.246 e. The number of hydrogen-bond acceptors (Lipinski definition) is 3. The van der Waals surface area contributed by atoms with Gasteiger partial charge >= 0.3 is 0 Å². The highest BCUT2D eigenvalue weighted by molar-refractivity contribution is 5.87. The van der Waals surface area contributed by atoms with E-state index in [-0.39, 0.29) is 5.91 Å².